The van der Waals surface area contributed by atoms with Crippen LogP contribution in [-0.2, 0) is 20.7 Å². The predicted molar refractivity (Wildman–Crippen MR) is 114 cm³/mol. The average Bonchev–Trinajstić information content (AvgIpc) is 2.79. The first kappa shape index (κ1) is 26.3. The summed E-state index contributed by atoms with van der Waals surface area (Å²) in [7, 11) is 0. The molecule has 188 valence electrons. The number of halogens is 3. The van der Waals surface area contributed by atoms with Gasteiger partial charge < -0.3 is 34.3 Å². The largest absolute Gasteiger partial charge is 0.573 e. The van der Waals surface area contributed by atoms with Gasteiger partial charge in [-0.15, -0.1) is 19.6 Å². The summed E-state index contributed by atoms with van der Waals surface area (Å²) >= 11 is 0. The molecular formula is C24H23F3O8. The first-order valence-corrected chi connectivity index (χ1v) is 10.4. The van der Waals surface area contributed by atoms with E-state index in [-0.39, 0.29) is 24.5 Å². The van der Waals surface area contributed by atoms with E-state index in [9.17, 15) is 33.3 Å². The first-order valence-electron chi connectivity index (χ1n) is 10.4. The molecule has 5 atom stereocenters. The van der Waals surface area contributed by atoms with Crippen molar-refractivity contribution in [3.05, 3.63) is 59.2 Å². The van der Waals surface area contributed by atoms with Gasteiger partial charge in [0.1, 0.15) is 42.5 Å². The summed E-state index contributed by atoms with van der Waals surface area (Å²) in [4.78, 5) is 11.1. The molecule has 1 saturated heterocycles. The van der Waals surface area contributed by atoms with Gasteiger partial charge in [0.2, 0.25) is 6.29 Å². The van der Waals surface area contributed by atoms with E-state index in [1.54, 1.807) is 12.1 Å². The molecule has 0 unspecified atom stereocenters. The summed E-state index contributed by atoms with van der Waals surface area (Å²) < 4.78 is 57.2. The summed E-state index contributed by atoms with van der Waals surface area (Å²) in [5.74, 6) is 1.62. The van der Waals surface area contributed by atoms with Gasteiger partial charge in [0.25, 0.3) is 0 Å². The van der Waals surface area contributed by atoms with Gasteiger partial charge in [-0.3, -0.25) is 4.79 Å². The van der Waals surface area contributed by atoms with Crippen molar-refractivity contribution in [1.82, 2.24) is 0 Å². The topological polar surface area (TPSA) is 115 Å². The molecule has 0 spiro atoms. The monoisotopic (exact) mass is 496 g/mol. The van der Waals surface area contributed by atoms with Crippen molar-refractivity contribution in [3.8, 4) is 23.8 Å². The molecule has 2 aromatic rings. The minimum atomic E-state index is -4.81. The van der Waals surface area contributed by atoms with Crippen LogP contribution < -0.4 is 9.47 Å². The van der Waals surface area contributed by atoms with Crippen LogP contribution >= 0.6 is 0 Å². The zero-order valence-corrected chi connectivity index (χ0v) is 18.4. The van der Waals surface area contributed by atoms with Crippen LogP contribution in [0.15, 0.2) is 42.5 Å². The van der Waals surface area contributed by atoms with E-state index in [2.05, 4.69) is 10.7 Å². The number of benzene rings is 2. The van der Waals surface area contributed by atoms with Crippen LogP contribution in [-0.4, -0.2) is 65.0 Å². The minimum absolute atomic E-state index is 0.176. The van der Waals surface area contributed by atoms with Crippen molar-refractivity contribution in [2.24, 2.45) is 0 Å². The molecular weight excluding hydrogens is 473 g/mol. The van der Waals surface area contributed by atoms with E-state index in [1.807, 2.05) is 0 Å². The first-order chi connectivity index (χ1) is 16.5. The van der Waals surface area contributed by atoms with E-state index in [4.69, 9.17) is 20.6 Å². The molecule has 1 aliphatic rings. The fourth-order valence-corrected chi connectivity index (χ4v) is 3.41. The molecule has 3 N–H and O–H groups in total. The maximum Gasteiger partial charge on any atom is 0.573 e. The molecule has 0 radical (unpaired) electrons. The Balaban J connectivity index is 1.81. The van der Waals surface area contributed by atoms with Crippen molar-refractivity contribution in [1.29, 1.82) is 0 Å². The molecule has 0 saturated carbocycles. The van der Waals surface area contributed by atoms with Gasteiger partial charge in [-0.25, -0.2) is 0 Å². The second-order valence-corrected chi connectivity index (χ2v) is 7.77. The Hall–Kier alpha value is -3.30. The molecule has 1 fully saturated rings. The van der Waals surface area contributed by atoms with Crippen molar-refractivity contribution >= 4 is 5.97 Å². The van der Waals surface area contributed by atoms with Crippen molar-refractivity contribution in [2.45, 2.75) is 50.4 Å². The Bertz CT molecular complexity index is 1060. The van der Waals surface area contributed by atoms with Crippen molar-refractivity contribution < 1.29 is 52.2 Å². The smallest absolute Gasteiger partial charge is 0.463 e. The lowest BCUT2D eigenvalue weighted by atomic mass is 9.99. The fourth-order valence-electron chi connectivity index (χ4n) is 3.41. The number of esters is 1. The number of carbonyl (C=O) groups is 1. The second-order valence-electron chi connectivity index (χ2n) is 7.77. The third-order valence-electron chi connectivity index (χ3n) is 5.15. The van der Waals surface area contributed by atoms with Crippen LogP contribution in [0.4, 0.5) is 13.2 Å². The van der Waals surface area contributed by atoms with E-state index in [0.29, 0.717) is 16.7 Å². The van der Waals surface area contributed by atoms with Gasteiger partial charge in [0.15, 0.2) is 0 Å². The van der Waals surface area contributed by atoms with Crippen molar-refractivity contribution in [3.63, 3.8) is 0 Å². The lowest BCUT2D eigenvalue weighted by Crippen LogP contribution is -2.60. The second kappa shape index (κ2) is 11.0. The Morgan fingerprint density at radius 1 is 1.09 bits per heavy atom. The van der Waals surface area contributed by atoms with Crippen LogP contribution in [0.25, 0.3) is 0 Å². The number of carbonyl (C=O) groups excluding carboxylic acids is 1. The standard InChI is InChI=1S/C24H23F3O8/c1-3-14-4-7-16(10-15-5-8-17(9-6-15)35-24(25,26)27)18(11-14)33-23-22(31)21(30)20(29)19(34-23)12-32-13(2)28/h1,4-9,11,19-23,29-31H,10,12H2,2H3/t19-,20-,21+,22-,23-/m1/s1. The third-order valence-corrected chi connectivity index (χ3v) is 5.15. The number of alkyl halides is 3. The third kappa shape index (κ3) is 7.10. The zero-order valence-electron chi connectivity index (χ0n) is 18.4. The van der Waals surface area contributed by atoms with Crippen LogP contribution in [0, 0.1) is 12.3 Å². The van der Waals surface area contributed by atoms with E-state index in [0.717, 1.165) is 6.92 Å². The van der Waals surface area contributed by atoms with Crippen LogP contribution in [0.2, 0.25) is 0 Å². The highest BCUT2D eigenvalue weighted by Crippen LogP contribution is 2.30. The van der Waals surface area contributed by atoms with Gasteiger partial charge in [-0.1, -0.05) is 24.1 Å². The fraction of sp³-hybridized carbons (Fsp3) is 0.375. The SMILES string of the molecule is C#Cc1ccc(Cc2ccc(OC(F)(F)F)cc2)c(O[C@@H]2O[C@H](COC(C)=O)[C@@H](O)[C@H](O)[C@H]2O)c1. The maximum atomic E-state index is 12.4. The molecule has 0 amide bonds. The van der Waals surface area contributed by atoms with E-state index < -0.39 is 43.0 Å². The molecule has 11 heteroatoms. The molecule has 0 aromatic heterocycles. The van der Waals surface area contributed by atoms with Crippen LogP contribution in [0.5, 0.6) is 11.5 Å². The van der Waals surface area contributed by atoms with Crippen molar-refractivity contribution in [2.75, 3.05) is 6.61 Å². The average molecular weight is 496 g/mol. The summed E-state index contributed by atoms with van der Waals surface area (Å²) in [5, 5.41) is 30.7. The Morgan fingerprint density at radius 3 is 2.37 bits per heavy atom. The highest BCUT2D eigenvalue weighted by atomic mass is 19.4. The van der Waals surface area contributed by atoms with Gasteiger partial charge in [-0.2, -0.15) is 0 Å². The van der Waals surface area contributed by atoms with Gasteiger partial charge >= 0.3 is 12.3 Å². The van der Waals surface area contributed by atoms with E-state index >= 15 is 0 Å². The highest BCUT2D eigenvalue weighted by molar-refractivity contribution is 5.65. The summed E-state index contributed by atoms with van der Waals surface area (Å²) in [5.41, 5.74) is 1.59. The van der Waals surface area contributed by atoms with Gasteiger partial charge in [0, 0.05) is 18.9 Å². The Kier molecular flexibility index (Phi) is 8.24. The number of terminal acetylenes is 1. The Morgan fingerprint density at radius 2 is 1.77 bits per heavy atom. The highest BCUT2D eigenvalue weighted by Gasteiger charge is 2.45. The molecule has 1 heterocycles. The minimum Gasteiger partial charge on any atom is -0.463 e. The zero-order chi connectivity index (χ0) is 25.8. The van der Waals surface area contributed by atoms with Gasteiger partial charge in [-0.05, 0) is 35.4 Å². The lowest BCUT2D eigenvalue weighted by molar-refractivity contribution is -0.278. The summed E-state index contributed by atoms with van der Waals surface area (Å²) in [6, 6.07) is 9.99. The Labute approximate surface area is 198 Å². The normalized spacial score (nSPS) is 24.3. The molecule has 8 nitrogen and oxygen atoms in total. The number of hydrogen-bond acceptors (Lipinski definition) is 8. The van der Waals surface area contributed by atoms with E-state index in [1.165, 1.54) is 30.3 Å². The lowest BCUT2D eigenvalue weighted by Gasteiger charge is -2.40. The van der Waals surface area contributed by atoms with Crippen LogP contribution in [0.3, 0.4) is 0 Å². The number of hydrogen-bond donors (Lipinski definition) is 3. The molecule has 35 heavy (non-hydrogen) atoms. The maximum absolute atomic E-state index is 12.4. The molecule has 1 aliphatic heterocycles. The molecule has 3 rings (SSSR count). The summed E-state index contributed by atoms with van der Waals surface area (Å²) in [6.45, 7) is 0.775. The number of aliphatic hydroxyl groups excluding tert-OH is 3. The molecule has 0 aliphatic carbocycles. The van der Waals surface area contributed by atoms with Crippen LogP contribution in [0.1, 0.15) is 23.6 Å². The molecule has 2 aromatic carbocycles. The quantitative estimate of drug-likeness (QED) is 0.394. The number of aliphatic hydroxyl groups is 3. The molecule has 0 bridgehead atoms. The summed E-state index contributed by atoms with van der Waals surface area (Å²) in [6.07, 6.45) is -6.62. The van der Waals surface area contributed by atoms with Gasteiger partial charge in [0.05, 0.1) is 0 Å². The number of ether oxygens (including phenoxy) is 4. The number of rotatable bonds is 7. The predicted octanol–water partition coefficient (Wildman–Crippen LogP) is 1.91.